The lowest BCUT2D eigenvalue weighted by atomic mass is 10.1. The van der Waals surface area contributed by atoms with E-state index in [9.17, 15) is 4.79 Å². The zero-order valence-electron chi connectivity index (χ0n) is 15.3. The highest BCUT2D eigenvalue weighted by Gasteiger charge is 2.08. The summed E-state index contributed by atoms with van der Waals surface area (Å²) >= 11 is 0. The van der Waals surface area contributed by atoms with Crippen LogP contribution in [0.1, 0.15) is 5.56 Å². The van der Waals surface area contributed by atoms with E-state index in [2.05, 4.69) is 20.8 Å². The molecule has 7 nitrogen and oxygen atoms in total. The summed E-state index contributed by atoms with van der Waals surface area (Å²) in [5.41, 5.74) is 3.90. The maximum atomic E-state index is 12.3. The molecular weight excluding hydrogens is 344 g/mol. The van der Waals surface area contributed by atoms with E-state index < -0.39 is 0 Å². The average molecular weight is 364 g/mol. The van der Waals surface area contributed by atoms with E-state index in [0.717, 1.165) is 16.8 Å². The van der Waals surface area contributed by atoms with Crippen molar-refractivity contribution >= 4 is 17.4 Å². The number of hydrogen-bond acceptors (Lipinski definition) is 5. The number of nitrogens with one attached hydrogen (secondary N) is 2. The highest BCUT2D eigenvalue weighted by Crippen LogP contribution is 2.25. The summed E-state index contributed by atoms with van der Waals surface area (Å²) < 4.78 is 10.3. The van der Waals surface area contributed by atoms with E-state index in [1.165, 1.54) is 0 Å². The Morgan fingerprint density at radius 2 is 1.67 bits per heavy atom. The van der Waals surface area contributed by atoms with Crippen molar-refractivity contribution in [1.82, 2.24) is 10.2 Å². The molecule has 0 saturated heterocycles. The number of benzene rings is 2. The van der Waals surface area contributed by atoms with Crippen LogP contribution in [-0.4, -0.2) is 30.4 Å². The Morgan fingerprint density at radius 1 is 0.889 bits per heavy atom. The first kappa shape index (κ1) is 18.2. The number of anilines is 2. The van der Waals surface area contributed by atoms with Crippen LogP contribution in [0.25, 0.3) is 11.3 Å². The van der Waals surface area contributed by atoms with Gasteiger partial charge in [0.2, 0.25) is 5.88 Å². The Hall–Kier alpha value is -3.61. The van der Waals surface area contributed by atoms with Crippen LogP contribution < -0.4 is 20.1 Å². The van der Waals surface area contributed by atoms with Gasteiger partial charge in [-0.25, -0.2) is 4.79 Å². The molecule has 2 aromatic carbocycles. The van der Waals surface area contributed by atoms with Gasteiger partial charge in [0.05, 0.1) is 25.6 Å². The van der Waals surface area contributed by atoms with Gasteiger partial charge in [-0.3, -0.25) is 0 Å². The Kier molecular flexibility index (Phi) is 5.51. The maximum Gasteiger partial charge on any atom is 0.323 e. The predicted octanol–water partition coefficient (Wildman–Crippen LogP) is 4.11. The standard InChI is InChI=1S/C20H20N4O3/c1-13-4-10-18(26-2)17(12-13)22-20(25)21-15-7-5-14(6-8-15)16-9-11-19(27-3)24-23-16/h4-12H,1-3H3,(H2,21,22,25). The first-order valence-corrected chi connectivity index (χ1v) is 8.30. The van der Waals surface area contributed by atoms with Gasteiger partial charge in [0.25, 0.3) is 0 Å². The van der Waals surface area contributed by atoms with Gasteiger partial charge >= 0.3 is 6.03 Å². The molecule has 0 saturated carbocycles. The first-order valence-electron chi connectivity index (χ1n) is 8.30. The molecular formula is C20H20N4O3. The number of hydrogen-bond donors (Lipinski definition) is 2. The van der Waals surface area contributed by atoms with Crippen LogP contribution in [0.3, 0.4) is 0 Å². The minimum atomic E-state index is -0.351. The van der Waals surface area contributed by atoms with Crippen LogP contribution in [0.15, 0.2) is 54.6 Å². The number of ether oxygens (including phenoxy) is 2. The van der Waals surface area contributed by atoms with Crippen molar-refractivity contribution in [2.75, 3.05) is 24.9 Å². The minimum absolute atomic E-state index is 0.351. The molecule has 2 N–H and O–H groups in total. The molecule has 0 unspecified atom stereocenters. The monoisotopic (exact) mass is 364 g/mol. The highest BCUT2D eigenvalue weighted by molar-refractivity contribution is 6.00. The number of amides is 2. The normalized spacial score (nSPS) is 10.2. The largest absolute Gasteiger partial charge is 0.495 e. The Balaban J connectivity index is 1.67. The van der Waals surface area contributed by atoms with Crippen LogP contribution in [-0.2, 0) is 0 Å². The number of nitrogens with zero attached hydrogens (tertiary/aromatic N) is 2. The third-order valence-electron chi connectivity index (χ3n) is 3.89. The molecule has 3 rings (SSSR count). The van der Waals surface area contributed by atoms with E-state index in [1.54, 1.807) is 32.4 Å². The third kappa shape index (κ3) is 4.52. The van der Waals surface area contributed by atoms with Crippen molar-refractivity contribution in [3.05, 3.63) is 60.2 Å². The molecule has 0 aliphatic carbocycles. The molecule has 0 bridgehead atoms. The molecule has 2 amide bonds. The van der Waals surface area contributed by atoms with Gasteiger partial charge in [0.1, 0.15) is 5.75 Å². The lowest BCUT2D eigenvalue weighted by Gasteiger charge is -2.12. The Bertz CT molecular complexity index is 925. The molecule has 0 spiro atoms. The molecule has 0 radical (unpaired) electrons. The van der Waals surface area contributed by atoms with Crippen LogP contribution in [0.2, 0.25) is 0 Å². The van der Waals surface area contributed by atoms with Crippen molar-refractivity contribution < 1.29 is 14.3 Å². The van der Waals surface area contributed by atoms with Gasteiger partial charge in [0, 0.05) is 17.3 Å². The predicted molar refractivity (Wildman–Crippen MR) is 104 cm³/mol. The molecule has 0 atom stereocenters. The van der Waals surface area contributed by atoms with Gasteiger partial charge < -0.3 is 20.1 Å². The molecule has 3 aromatic rings. The first-order chi connectivity index (χ1) is 13.1. The summed E-state index contributed by atoms with van der Waals surface area (Å²) in [6, 6.07) is 16.1. The highest BCUT2D eigenvalue weighted by atomic mass is 16.5. The van der Waals surface area contributed by atoms with Crippen LogP contribution in [0.5, 0.6) is 11.6 Å². The smallest absolute Gasteiger partial charge is 0.323 e. The van der Waals surface area contributed by atoms with E-state index in [4.69, 9.17) is 9.47 Å². The molecule has 7 heteroatoms. The van der Waals surface area contributed by atoms with Gasteiger partial charge in [-0.05, 0) is 42.8 Å². The van der Waals surface area contributed by atoms with Gasteiger partial charge in [-0.2, -0.15) is 0 Å². The fourth-order valence-electron chi connectivity index (χ4n) is 2.51. The molecule has 1 aromatic heterocycles. The van der Waals surface area contributed by atoms with Crippen molar-refractivity contribution in [1.29, 1.82) is 0 Å². The van der Waals surface area contributed by atoms with Crippen LogP contribution in [0, 0.1) is 6.92 Å². The molecule has 138 valence electrons. The third-order valence-corrected chi connectivity index (χ3v) is 3.89. The van der Waals surface area contributed by atoms with Crippen molar-refractivity contribution in [3.63, 3.8) is 0 Å². The molecule has 1 heterocycles. The lowest BCUT2D eigenvalue weighted by Crippen LogP contribution is -2.19. The SMILES string of the molecule is COc1ccc(-c2ccc(NC(=O)Nc3cc(C)ccc3OC)cc2)nn1. The second-order valence-electron chi connectivity index (χ2n) is 5.82. The second kappa shape index (κ2) is 8.18. The summed E-state index contributed by atoms with van der Waals surface area (Å²) in [4.78, 5) is 12.3. The maximum absolute atomic E-state index is 12.3. The average Bonchev–Trinajstić information content (AvgIpc) is 2.69. The van der Waals surface area contributed by atoms with E-state index >= 15 is 0 Å². The number of rotatable bonds is 5. The summed E-state index contributed by atoms with van der Waals surface area (Å²) in [6.45, 7) is 1.95. The molecule has 0 fully saturated rings. The zero-order valence-corrected chi connectivity index (χ0v) is 15.3. The number of aryl methyl sites for hydroxylation is 1. The number of carbonyl (C=O) groups is 1. The molecule has 0 aliphatic rings. The van der Waals surface area contributed by atoms with Crippen molar-refractivity contribution in [2.45, 2.75) is 6.92 Å². The van der Waals surface area contributed by atoms with Crippen molar-refractivity contribution in [3.8, 4) is 22.9 Å². The van der Waals surface area contributed by atoms with Gasteiger partial charge in [0.15, 0.2) is 0 Å². The van der Waals surface area contributed by atoms with E-state index in [1.807, 2.05) is 43.3 Å². The summed E-state index contributed by atoms with van der Waals surface area (Å²) in [6.07, 6.45) is 0. The minimum Gasteiger partial charge on any atom is -0.495 e. The van der Waals surface area contributed by atoms with Gasteiger partial charge in [-0.15, -0.1) is 10.2 Å². The summed E-state index contributed by atoms with van der Waals surface area (Å²) in [5, 5.41) is 13.7. The van der Waals surface area contributed by atoms with Gasteiger partial charge in [-0.1, -0.05) is 18.2 Å². The molecule has 27 heavy (non-hydrogen) atoms. The lowest BCUT2D eigenvalue weighted by molar-refractivity contribution is 0.262. The fourth-order valence-corrected chi connectivity index (χ4v) is 2.51. The number of urea groups is 1. The van der Waals surface area contributed by atoms with Crippen LogP contribution in [0.4, 0.5) is 16.2 Å². The Morgan fingerprint density at radius 3 is 2.30 bits per heavy atom. The Labute approximate surface area is 157 Å². The quantitative estimate of drug-likeness (QED) is 0.711. The fraction of sp³-hybridized carbons (Fsp3) is 0.150. The van der Waals surface area contributed by atoms with Crippen LogP contribution >= 0.6 is 0 Å². The summed E-state index contributed by atoms with van der Waals surface area (Å²) in [5.74, 6) is 1.06. The number of methoxy groups -OCH3 is 2. The topological polar surface area (TPSA) is 85.4 Å². The second-order valence-corrected chi connectivity index (χ2v) is 5.82. The van der Waals surface area contributed by atoms with E-state index in [-0.39, 0.29) is 6.03 Å². The van der Waals surface area contributed by atoms with Crippen molar-refractivity contribution in [2.24, 2.45) is 0 Å². The number of carbonyl (C=O) groups excluding carboxylic acids is 1. The summed E-state index contributed by atoms with van der Waals surface area (Å²) in [7, 11) is 3.11. The zero-order chi connectivity index (χ0) is 19.2. The number of aromatic nitrogens is 2. The molecule has 0 aliphatic heterocycles. The van der Waals surface area contributed by atoms with E-state index in [0.29, 0.717) is 23.0 Å².